The van der Waals surface area contributed by atoms with E-state index in [1.54, 1.807) is 30.2 Å². The number of ether oxygens (including phenoxy) is 2. The number of benzene rings is 3. The van der Waals surface area contributed by atoms with Crippen LogP contribution in [0.4, 0.5) is 5.69 Å². The van der Waals surface area contributed by atoms with Crippen LogP contribution in [0.2, 0.25) is 0 Å². The van der Waals surface area contributed by atoms with Crippen molar-refractivity contribution in [1.82, 2.24) is 10.3 Å². The first-order valence-electron chi connectivity index (χ1n) is 16.5. The van der Waals surface area contributed by atoms with E-state index in [1.165, 1.54) is 12.3 Å². The molecule has 0 saturated carbocycles. The van der Waals surface area contributed by atoms with E-state index in [4.69, 9.17) is 9.47 Å². The fourth-order valence-electron chi connectivity index (χ4n) is 5.47. The zero-order valence-electron chi connectivity index (χ0n) is 27.8. The maximum Gasteiger partial charge on any atom is 0.306 e. The number of phenols is 1. The van der Waals surface area contributed by atoms with Gasteiger partial charge >= 0.3 is 5.97 Å². The number of aromatic hydroxyl groups is 1. The Morgan fingerprint density at radius 1 is 0.939 bits per heavy atom. The third-order valence-corrected chi connectivity index (χ3v) is 7.94. The normalized spacial score (nSPS) is 17.9. The molecule has 1 aliphatic heterocycles. The Bertz CT molecular complexity index is 1610. The van der Waals surface area contributed by atoms with Crippen LogP contribution < -0.4 is 10.7 Å². The fourth-order valence-corrected chi connectivity index (χ4v) is 5.47. The minimum Gasteiger partial charge on any atom is -0.506 e. The zero-order valence-corrected chi connectivity index (χ0v) is 27.8. The number of carbonyl (C=O) groups excluding carboxylic acids is 4. The summed E-state index contributed by atoms with van der Waals surface area (Å²) in [5, 5.41) is 16.5. The van der Waals surface area contributed by atoms with E-state index in [2.05, 4.69) is 15.8 Å². The number of carbonyl (C=O) groups is 4. The summed E-state index contributed by atoms with van der Waals surface area (Å²) in [7, 11) is 1.56. The monoisotopic (exact) mass is 668 g/mol. The van der Waals surface area contributed by atoms with Crippen LogP contribution in [-0.2, 0) is 35.2 Å². The van der Waals surface area contributed by atoms with Gasteiger partial charge in [-0.15, -0.1) is 0 Å². The predicted molar refractivity (Wildman–Crippen MR) is 186 cm³/mol. The molecule has 3 N–H and O–H groups in total. The molecule has 3 amide bonds. The van der Waals surface area contributed by atoms with Gasteiger partial charge < -0.3 is 24.8 Å². The van der Waals surface area contributed by atoms with Crippen LogP contribution in [0.1, 0.15) is 74.2 Å². The molecule has 0 saturated heterocycles. The molecule has 0 bridgehead atoms. The Kier molecular flexibility index (Phi) is 14.6. The Morgan fingerprint density at radius 2 is 1.65 bits per heavy atom. The van der Waals surface area contributed by atoms with Crippen LogP contribution in [0.15, 0.2) is 96.1 Å². The van der Waals surface area contributed by atoms with Crippen molar-refractivity contribution < 1.29 is 33.8 Å². The van der Waals surface area contributed by atoms with E-state index in [9.17, 15) is 24.3 Å². The topological polar surface area (TPSA) is 147 Å². The highest BCUT2D eigenvalue weighted by atomic mass is 16.5. The maximum absolute atomic E-state index is 13.7. The van der Waals surface area contributed by atoms with E-state index in [1.807, 2.05) is 66.7 Å². The molecule has 0 aromatic heterocycles. The number of cyclic esters (lactones) is 1. The number of hydrogen-bond donors (Lipinski definition) is 3. The summed E-state index contributed by atoms with van der Waals surface area (Å²) in [6.45, 7) is 0.395. The molecule has 0 spiro atoms. The fraction of sp³-hybridized carbons (Fsp3) is 0.342. The number of nitrogens with zero attached hydrogens (tertiary/aromatic N) is 2. The Hall–Kier alpha value is -5.29. The highest BCUT2D eigenvalue weighted by Crippen LogP contribution is 2.29. The maximum atomic E-state index is 13.7. The molecule has 3 aromatic rings. The number of rotatable bonds is 13. The number of hydrogen-bond acceptors (Lipinski definition) is 8. The van der Waals surface area contributed by atoms with Gasteiger partial charge in [-0.25, -0.2) is 5.43 Å². The molecule has 0 radical (unpaired) electrons. The van der Waals surface area contributed by atoms with Gasteiger partial charge in [0.05, 0.1) is 24.6 Å². The predicted octanol–water partition coefficient (Wildman–Crippen LogP) is 5.80. The first kappa shape index (κ1) is 36.5. The van der Waals surface area contributed by atoms with Gasteiger partial charge in [0.15, 0.2) is 0 Å². The highest BCUT2D eigenvalue weighted by molar-refractivity contribution is 5.92. The van der Waals surface area contributed by atoms with Gasteiger partial charge in [-0.1, -0.05) is 72.8 Å². The second kappa shape index (κ2) is 19.5. The molecule has 3 aromatic carbocycles. The summed E-state index contributed by atoms with van der Waals surface area (Å²) < 4.78 is 11.6. The van der Waals surface area contributed by atoms with Crippen LogP contribution in [0.5, 0.6) is 5.75 Å². The number of anilines is 1. The quantitative estimate of drug-likeness (QED) is 0.0521. The average Bonchev–Trinajstić information content (AvgIpc) is 3.10. The molecule has 4 rings (SSSR count). The number of allylic oxidation sites excluding steroid dienone is 2. The summed E-state index contributed by atoms with van der Waals surface area (Å²) in [6.07, 6.45) is 7.67. The summed E-state index contributed by atoms with van der Waals surface area (Å²) in [5.41, 5.74) is 5.20. The molecular weight excluding hydrogens is 624 g/mol. The number of methoxy groups -OCH3 is 1. The van der Waals surface area contributed by atoms with E-state index in [0.29, 0.717) is 37.8 Å². The van der Waals surface area contributed by atoms with Gasteiger partial charge in [-0.2, -0.15) is 5.10 Å². The summed E-state index contributed by atoms with van der Waals surface area (Å²) in [5.74, 6) is -0.959. The summed E-state index contributed by atoms with van der Waals surface area (Å²) in [4.78, 5) is 52.8. The molecule has 0 aliphatic carbocycles. The molecule has 2 atom stereocenters. The standard InChI is InChI=1S/C38H44N4O7/c1-48-27-32-38(30-16-5-4-6-17-30)49-37(47)23-8-3-2-7-22-36(46)42(32)26-29-15-13-14-28(24-29)25-39-41-35(45)21-12-11-20-34(44)40-31-18-9-10-19-33(31)43/h2-6,9-10,13-19,24-25,32,38,43H,7-8,11-12,20-23,26-27H2,1H3,(H,40,44)(H,41,45)/b3-2+,39-25+/t32-,38-/m0/s1. The Labute approximate surface area is 287 Å². The third-order valence-electron chi connectivity index (χ3n) is 7.94. The summed E-state index contributed by atoms with van der Waals surface area (Å²) in [6, 6.07) is 22.8. The lowest BCUT2D eigenvalue weighted by atomic mass is 9.99. The lowest BCUT2D eigenvalue weighted by Gasteiger charge is -2.37. The van der Waals surface area contributed by atoms with Gasteiger partial charge in [-0.05, 0) is 60.6 Å². The van der Waals surface area contributed by atoms with Crippen LogP contribution in [0.3, 0.4) is 0 Å². The van der Waals surface area contributed by atoms with Crippen LogP contribution >= 0.6 is 0 Å². The number of amides is 3. The number of nitrogens with one attached hydrogen (secondary N) is 2. The molecule has 11 nitrogen and oxygen atoms in total. The average molecular weight is 669 g/mol. The van der Waals surface area contributed by atoms with Crippen LogP contribution in [0, 0.1) is 0 Å². The van der Waals surface area contributed by atoms with Crippen molar-refractivity contribution in [2.75, 3.05) is 19.0 Å². The number of unbranched alkanes of at least 4 members (excludes halogenated alkanes) is 1. The van der Waals surface area contributed by atoms with Crippen molar-refractivity contribution in [2.45, 2.75) is 70.1 Å². The third kappa shape index (κ3) is 12.0. The molecule has 11 heteroatoms. The second-order valence-corrected chi connectivity index (χ2v) is 11.7. The van der Waals surface area contributed by atoms with Crippen molar-refractivity contribution in [1.29, 1.82) is 0 Å². The van der Waals surface area contributed by atoms with E-state index in [0.717, 1.165) is 16.7 Å². The first-order valence-corrected chi connectivity index (χ1v) is 16.5. The van der Waals surface area contributed by atoms with Gasteiger partial charge in [0.25, 0.3) is 0 Å². The first-order chi connectivity index (χ1) is 23.8. The molecule has 258 valence electrons. The van der Waals surface area contributed by atoms with Crippen molar-refractivity contribution >= 4 is 35.6 Å². The molecule has 0 fully saturated rings. The smallest absolute Gasteiger partial charge is 0.306 e. The van der Waals surface area contributed by atoms with E-state index in [-0.39, 0.29) is 61.9 Å². The number of hydrazone groups is 1. The summed E-state index contributed by atoms with van der Waals surface area (Å²) >= 11 is 0. The van der Waals surface area contributed by atoms with Crippen molar-refractivity contribution in [2.24, 2.45) is 5.10 Å². The largest absolute Gasteiger partial charge is 0.506 e. The zero-order chi connectivity index (χ0) is 34.8. The minimum atomic E-state index is -0.729. The van der Waals surface area contributed by atoms with Crippen LogP contribution in [-0.4, -0.2) is 59.7 Å². The molecular formula is C38H44N4O7. The van der Waals surface area contributed by atoms with Crippen LogP contribution in [0.25, 0.3) is 0 Å². The van der Waals surface area contributed by atoms with Gasteiger partial charge in [-0.3, -0.25) is 19.2 Å². The lowest BCUT2D eigenvalue weighted by molar-refractivity contribution is -0.159. The number of esters is 1. The molecule has 0 unspecified atom stereocenters. The van der Waals surface area contributed by atoms with E-state index >= 15 is 0 Å². The molecule has 49 heavy (non-hydrogen) atoms. The van der Waals surface area contributed by atoms with Crippen molar-refractivity contribution in [3.63, 3.8) is 0 Å². The Morgan fingerprint density at radius 3 is 2.41 bits per heavy atom. The van der Waals surface area contributed by atoms with Gasteiger partial charge in [0.1, 0.15) is 11.9 Å². The van der Waals surface area contributed by atoms with Gasteiger partial charge in [0.2, 0.25) is 17.7 Å². The number of para-hydroxylation sites is 2. The number of phenolic OH excluding ortho intramolecular Hbond substituents is 1. The highest BCUT2D eigenvalue weighted by Gasteiger charge is 2.34. The Balaban J connectivity index is 1.38. The second-order valence-electron chi connectivity index (χ2n) is 11.7. The van der Waals surface area contributed by atoms with E-state index < -0.39 is 12.1 Å². The minimum absolute atomic E-state index is 0.00195. The van der Waals surface area contributed by atoms with Crippen molar-refractivity contribution in [3.8, 4) is 5.75 Å². The lowest BCUT2D eigenvalue weighted by Crippen LogP contribution is -2.47. The van der Waals surface area contributed by atoms with Gasteiger partial charge in [0, 0.05) is 39.3 Å². The van der Waals surface area contributed by atoms with Crippen molar-refractivity contribution in [3.05, 3.63) is 108 Å². The SMILES string of the molecule is COC[C@H]1[C@H](c2ccccc2)OC(=O)CC/C=C/CCC(=O)N1Cc1cccc(/C=N/NC(=O)CCCCC(=O)Nc2ccccc2O)c1. The molecule has 1 heterocycles. The molecule has 1 aliphatic rings.